The Morgan fingerprint density at radius 2 is 1.79 bits per heavy atom. The van der Waals surface area contributed by atoms with Gasteiger partial charge in [-0.15, -0.1) is 0 Å². The topological polar surface area (TPSA) is 12.4 Å². The van der Waals surface area contributed by atoms with Crippen LogP contribution < -0.4 is 0 Å². The number of nitrogens with zero attached hydrogens (tertiary/aromatic N) is 1. The minimum atomic E-state index is 0.705. The van der Waals surface area contributed by atoms with E-state index in [9.17, 15) is 0 Å². The maximum atomic E-state index is 4.47. The van der Waals surface area contributed by atoms with Gasteiger partial charge in [0.25, 0.3) is 0 Å². The highest BCUT2D eigenvalue weighted by Crippen LogP contribution is 2.20. The smallest absolute Gasteiger partial charge is 0.0276 e. The Hall–Kier alpha value is -0.330. The van der Waals surface area contributed by atoms with E-state index in [-0.39, 0.29) is 0 Å². The van der Waals surface area contributed by atoms with Crippen molar-refractivity contribution in [2.45, 2.75) is 59.8 Å². The Labute approximate surface area is 90.0 Å². The van der Waals surface area contributed by atoms with Crippen LogP contribution >= 0.6 is 0 Å². The average molecular weight is 197 g/mol. The lowest BCUT2D eigenvalue weighted by Crippen LogP contribution is -2.19. The summed E-state index contributed by atoms with van der Waals surface area (Å²) in [4.78, 5) is 4.47. The summed E-state index contributed by atoms with van der Waals surface area (Å²) in [5.41, 5.74) is 1.44. The van der Waals surface area contributed by atoms with Crippen LogP contribution in [0.2, 0.25) is 0 Å². The molecule has 0 aliphatic carbocycles. The van der Waals surface area contributed by atoms with E-state index in [1.54, 1.807) is 0 Å². The van der Waals surface area contributed by atoms with E-state index in [0.29, 0.717) is 5.92 Å². The molecule has 1 atom stereocenters. The van der Waals surface area contributed by atoms with Gasteiger partial charge < -0.3 is 0 Å². The monoisotopic (exact) mass is 197 g/mol. The number of unbranched alkanes of at least 4 members (excludes halogenated alkanes) is 2. The second-order valence-electron chi connectivity index (χ2n) is 4.43. The number of hydrogen-bond acceptors (Lipinski definition) is 1. The first-order valence-electron chi connectivity index (χ1n) is 6.12. The molecule has 0 rings (SSSR count). The summed E-state index contributed by atoms with van der Waals surface area (Å²) in [6.07, 6.45) is 6.40. The van der Waals surface area contributed by atoms with Gasteiger partial charge in [0.2, 0.25) is 0 Å². The van der Waals surface area contributed by atoms with Gasteiger partial charge in [-0.05, 0) is 31.1 Å². The molecule has 1 nitrogen and oxygen atoms in total. The van der Waals surface area contributed by atoms with Crippen LogP contribution in [0.25, 0.3) is 0 Å². The van der Waals surface area contributed by atoms with Gasteiger partial charge in [0.15, 0.2) is 0 Å². The predicted molar refractivity (Wildman–Crippen MR) is 66.1 cm³/mol. The van der Waals surface area contributed by atoms with E-state index in [1.807, 2.05) is 7.05 Å². The van der Waals surface area contributed by atoms with Gasteiger partial charge in [-0.2, -0.15) is 0 Å². The molecule has 14 heavy (non-hydrogen) atoms. The lowest BCUT2D eigenvalue weighted by Gasteiger charge is -2.21. The maximum absolute atomic E-state index is 4.47. The molecule has 84 valence electrons. The third-order valence-electron chi connectivity index (χ3n) is 3.00. The van der Waals surface area contributed by atoms with Gasteiger partial charge in [0, 0.05) is 12.8 Å². The van der Waals surface area contributed by atoms with Crippen molar-refractivity contribution in [1.82, 2.24) is 0 Å². The number of hydrogen-bond donors (Lipinski definition) is 0. The zero-order chi connectivity index (χ0) is 11.0. The molecule has 0 spiro atoms. The largest absolute Gasteiger partial charge is 0.297 e. The van der Waals surface area contributed by atoms with Crippen molar-refractivity contribution < 1.29 is 0 Å². The van der Waals surface area contributed by atoms with Gasteiger partial charge in [0.05, 0.1) is 0 Å². The Morgan fingerprint density at radius 1 is 1.14 bits per heavy atom. The molecule has 1 heteroatoms. The van der Waals surface area contributed by atoms with Gasteiger partial charge >= 0.3 is 0 Å². The summed E-state index contributed by atoms with van der Waals surface area (Å²) in [6.45, 7) is 9.14. The summed E-state index contributed by atoms with van der Waals surface area (Å²) < 4.78 is 0. The first kappa shape index (κ1) is 13.7. The molecule has 0 saturated heterocycles. The molecule has 0 amide bonds. The molecule has 0 bridgehead atoms. The first-order valence-corrected chi connectivity index (χ1v) is 6.12. The van der Waals surface area contributed by atoms with E-state index in [2.05, 4.69) is 32.7 Å². The van der Waals surface area contributed by atoms with Crippen LogP contribution in [-0.4, -0.2) is 12.8 Å². The van der Waals surface area contributed by atoms with Crippen molar-refractivity contribution in [2.75, 3.05) is 7.05 Å². The molecular weight excluding hydrogens is 170 g/mol. The quantitative estimate of drug-likeness (QED) is 0.426. The van der Waals surface area contributed by atoms with Crippen LogP contribution in [0.3, 0.4) is 0 Å². The van der Waals surface area contributed by atoms with Crippen molar-refractivity contribution in [1.29, 1.82) is 0 Å². The van der Waals surface area contributed by atoms with Crippen molar-refractivity contribution in [3.63, 3.8) is 0 Å². The fraction of sp³-hybridized carbons (Fsp3) is 0.923. The molecule has 0 aromatic carbocycles. The Balaban J connectivity index is 4.10. The molecule has 0 aliphatic rings. The highest BCUT2D eigenvalue weighted by molar-refractivity contribution is 5.86. The minimum absolute atomic E-state index is 0.705. The third kappa shape index (κ3) is 4.78. The number of aliphatic imine (C=N–C) groups is 1. The standard InChI is InChI=1S/C13H27N/c1-6-8-9-10-13(14-5)12(7-2)11(3)4/h11-12H,6-10H2,1-5H3. The minimum Gasteiger partial charge on any atom is -0.297 e. The molecule has 0 radical (unpaired) electrons. The predicted octanol–water partition coefficient (Wildman–Crippen LogP) is 4.32. The molecule has 0 fully saturated rings. The van der Waals surface area contributed by atoms with Crippen LogP contribution in [0, 0.1) is 11.8 Å². The SMILES string of the molecule is CCCCCC(=NC)C(CC)C(C)C. The fourth-order valence-corrected chi connectivity index (χ4v) is 2.11. The van der Waals surface area contributed by atoms with E-state index < -0.39 is 0 Å². The van der Waals surface area contributed by atoms with Gasteiger partial charge in [0.1, 0.15) is 0 Å². The van der Waals surface area contributed by atoms with Crippen LogP contribution in [0.1, 0.15) is 59.8 Å². The third-order valence-corrected chi connectivity index (χ3v) is 3.00. The Kier molecular flexibility index (Phi) is 7.83. The molecule has 1 unspecified atom stereocenters. The second-order valence-corrected chi connectivity index (χ2v) is 4.43. The van der Waals surface area contributed by atoms with E-state index >= 15 is 0 Å². The van der Waals surface area contributed by atoms with Crippen molar-refractivity contribution in [2.24, 2.45) is 16.8 Å². The molecule has 0 aromatic rings. The van der Waals surface area contributed by atoms with Crippen LogP contribution in [0.4, 0.5) is 0 Å². The summed E-state index contributed by atoms with van der Waals surface area (Å²) in [7, 11) is 1.95. The highest BCUT2D eigenvalue weighted by Gasteiger charge is 2.16. The summed E-state index contributed by atoms with van der Waals surface area (Å²) >= 11 is 0. The van der Waals surface area contributed by atoms with Gasteiger partial charge in [-0.25, -0.2) is 0 Å². The zero-order valence-electron chi connectivity index (χ0n) is 10.6. The average Bonchev–Trinajstić information content (AvgIpc) is 2.16. The van der Waals surface area contributed by atoms with Crippen molar-refractivity contribution in [3.05, 3.63) is 0 Å². The Bertz CT molecular complexity index is 159. The first-order chi connectivity index (χ1) is 6.67. The maximum Gasteiger partial charge on any atom is 0.0276 e. The molecule has 0 N–H and O–H groups in total. The fourth-order valence-electron chi connectivity index (χ4n) is 2.11. The van der Waals surface area contributed by atoms with Crippen molar-refractivity contribution in [3.8, 4) is 0 Å². The highest BCUT2D eigenvalue weighted by atomic mass is 14.7. The van der Waals surface area contributed by atoms with Crippen LogP contribution in [0.15, 0.2) is 4.99 Å². The van der Waals surface area contributed by atoms with Crippen LogP contribution in [-0.2, 0) is 0 Å². The molecule has 0 aromatic heterocycles. The lowest BCUT2D eigenvalue weighted by atomic mass is 9.86. The molecule has 0 heterocycles. The van der Waals surface area contributed by atoms with E-state index in [4.69, 9.17) is 0 Å². The van der Waals surface area contributed by atoms with Gasteiger partial charge in [-0.3, -0.25) is 4.99 Å². The summed E-state index contributed by atoms with van der Waals surface area (Å²) in [5.74, 6) is 1.44. The molecular formula is C13H27N. The lowest BCUT2D eigenvalue weighted by molar-refractivity contribution is 0.471. The molecule has 0 aliphatic heterocycles. The van der Waals surface area contributed by atoms with E-state index in [1.165, 1.54) is 37.8 Å². The summed E-state index contributed by atoms with van der Waals surface area (Å²) in [6, 6.07) is 0. The van der Waals surface area contributed by atoms with E-state index in [0.717, 1.165) is 5.92 Å². The van der Waals surface area contributed by atoms with Crippen molar-refractivity contribution >= 4 is 5.71 Å². The molecule has 0 saturated carbocycles. The summed E-state index contributed by atoms with van der Waals surface area (Å²) in [5, 5.41) is 0. The number of rotatable bonds is 7. The second kappa shape index (κ2) is 8.02. The Morgan fingerprint density at radius 3 is 2.14 bits per heavy atom. The normalized spacial score (nSPS) is 14.9. The zero-order valence-corrected chi connectivity index (χ0v) is 10.6. The van der Waals surface area contributed by atoms with Crippen LogP contribution in [0.5, 0.6) is 0 Å². The van der Waals surface area contributed by atoms with Gasteiger partial charge in [-0.1, -0.05) is 40.5 Å².